The van der Waals surface area contributed by atoms with Crippen molar-refractivity contribution in [3.8, 4) is 0 Å². The molecule has 2 N–H and O–H groups in total. The van der Waals surface area contributed by atoms with Crippen LogP contribution in [0.25, 0.3) is 0 Å². The first kappa shape index (κ1) is 19.1. The third-order valence-electron chi connectivity index (χ3n) is 4.83. The second-order valence-corrected chi connectivity index (χ2v) is 6.73. The molecule has 0 aromatic heterocycles. The number of fused-ring (bicyclic) bond motifs is 1. The molecule has 142 valence electrons. The molecule has 0 radical (unpaired) electrons. The predicted octanol–water partition coefficient (Wildman–Crippen LogP) is 3.09. The van der Waals surface area contributed by atoms with Crippen LogP contribution in [0.2, 0.25) is 0 Å². The minimum Gasteiger partial charge on any atom is -0.465 e. The molecule has 0 saturated carbocycles. The van der Waals surface area contributed by atoms with Crippen LogP contribution < -0.4 is 10.6 Å². The van der Waals surface area contributed by atoms with Gasteiger partial charge in [-0.1, -0.05) is 48.5 Å². The number of benzene rings is 2. The molecule has 2 aromatic carbocycles. The molecule has 5 nitrogen and oxygen atoms in total. The van der Waals surface area contributed by atoms with Gasteiger partial charge in [0.15, 0.2) is 0 Å². The molecule has 1 heterocycles. The summed E-state index contributed by atoms with van der Waals surface area (Å²) in [6.45, 7) is 2.12. The minimum atomic E-state index is -0.512. The van der Waals surface area contributed by atoms with E-state index in [0.717, 1.165) is 29.7 Å². The Morgan fingerprint density at radius 2 is 1.93 bits per heavy atom. The van der Waals surface area contributed by atoms with Crippen LogP contribution in [0.5, 0.6) is 0 Å². The van der Waals surface area contributed by atoms with Crippen LogP contribution in [-0.2, 0) is 27.2 Å². The number of carbonyl (C=O) groups is 2. The number of aryl methyl sites for hydroxylation is 2. The summed E-state index contributed by atoms with van der Waals surface area (Å²) in [5, 5.41) is 6.22. The van der Waals surface area contributed by atoms with Crippen molar-refractivity contribution in [2.24, 2.45) is 0 Å². The predicted molar refractivity (Wildman–Crippen MR) is 106 cm³/mol. The summed E-state index contributed by atoms with van der Waals surface area (Å²) in [5.74, 6) is -0.406. The van der Waals surface area contributed by atoms with Crippen molar-refractivity contribution < 1.29 is 14.3 Å². The van der Waals surface area contributed by atoms with Crippen LogP contribution in [0.1, 0.15) is 30.9 Å². The maximum Gasteiger partial charge on any atom is 0.323 e. The van der Waals surface area contributed by atoms with Crippen molar-refractivity contribution in [3.05, 3.63) is 65.7 Å². The van der Waals surface area contributed by atoms with Crippen LogP contribution in [0.15, 0.2) is 54.6 Å². The zero-order valence-electron chi connectivity index (χ0n) is 15.6. The van der Waals surface area contributed by atoms with Gasteiger partial charge in [0.05, 0.1) is 12.6 Å². The van der Waals surface area contributed by atoms with Gasteiger partial charge in [0.1, 0.15) is 6.04 Å². The van der Waals surface area contributed by atoms with E-state index in [0.29, 0.717) is 19.4 Å². The molecule has 1 aliphatic heterocycles. The Morgan fingerprint density at radius 3 is 2.70 bits per heavy atom. The third-order valence-corrected chi connectivity index (χ3v) is 4.83. The van der Waals surface area contributed by atoms with Gasteiger partial charge in [-0.3, -0.25) is 14.9 Å². The monoisotopic (exact) mass is 366 g/mol. The topological polar surface area (TPSA) is 67.4 Å². The second kappa shape index (κ2) is 9.33. The fourth-order valence-electron chi connectivity index (χ4n) is 3.38. The Morgan fingerprint density at radius 1 is 1.19 bits per heavy atom. The maximum atomic E-state index is 12.6. The number of para-hydroxylation sites is 1. The van der Waals surface area contributed by atoms with Crippen molar-refractivity contribution >= 4 is 17.6 Å². The summed E-state index contributed by atoms with van der Waals surface area (Å²) in [6.07, 6.45) is 2.75. The molecule has 0 spiro atoms. The van der Waals surface area contributed by atoms with E-state index in [2.05, 4.69) is 10.6 Å². The lowest BCUT2D eigenvalue weighted by atomic mass is 10.0. The van der Waals surface area contributed by atoms with Gasteiger partial charge in [0.25, 0.3) is 0 Å². The zero-order chi connectivity index (χ0) is 19.1. The van der Waals surface area contributed by atoms with Gasteiger partial charge in [-0.25, -0.2) is 0 Å². The summed E-state index contributed by atoms with van der Waals surface area (Å²) in [6, 6.07) is 16.9. The van der Waals surface area contributed by atoms with Crippen LogP contribution >= 0.6 is 0 Å². The van der Waals surface area contributed by atoms with Gasteiger partial charge >= 0.3 is 5.97 Å². The Labute approximate surface area is 160 Å². The van der Waals surface area contributed by atoms with Crippen LogP contribution in [0.4, 0.5) is 5.69 Å². The Bertz CT molecular complexity index is 776. The number of nitrogens with one attached hydrogen (secondary N) is 2. The number of esters is 1. The molecule has 1 amide bonds. The van der Waals surface area contributed by atoms with Crippen LogP contribution in [-0.4, -0.2) is 30.6 Å². The first-order valence-corrected chi connectivity index (χ1v) is 9.52. The molecule has 0 fully saturated rings. The highest BCUT2D eigenvalue weighted by Crippen LogP contribution is 2.22. The molecule has 3 rings (SSSR count). The number of hydrogen-bond acceptors (Lipinski definition) is 4. The standard InChI is InChI=1S/C22H26N2O3/c1-2-27-22(26)20(14-12-16-8-4-3-5-9-16)23-19-15-13-17-10-6-7-11-18(17)24-21(19)25/h3-11,19-20,23H,2,12-15H2,1H3,(H,24,25). The van der Waals surface area contributed by atoms with E-state index in [9.17, 15) is 9.59 Å². The number of carbonyl (C=O) groups excluding carboxylic acids is 2. The van der Waals surface area contributed by atoms with Gasteiger partial charge in [-0.15, -0.1) is 0 Å². The quantitative estimate of drug-likeness (QED) is 0.739. The highest BCUT2D eigenvalue weighted by Gasteiger charge is 2.29. The lowest BCUT2D eigenvalue weighted by Gasteiger charge is -2.23. The van der Waals surface area contributed by atoms with Crippen LogP contribution in [0, 0.1) is 0 Å². The summed E-state index contributed by atoms with van der Waals surface area (Å²) in [5.41, 5.74) is 3.13. The van der Waals surface area contributed by atoms with Gasteiger partial charge in [0.2, 0.25) is 5.91 Å². The Balaban J connectivity index is 1.67. The minimum absolute atomic E-state index is 0.103. The Kier molecular flexibility index (Phi) is 6.60. The van der Waals surface area contributed by atoms with Crippen LogP contribution in [0.3, 0.4) is 0 Å². The molecule has 0 aliphatic carbocycles. The first-order valence-electron chi connectivity index (χ1n) is 9.52. The molecule has 27 heavy (non-hydrogen) atoms. The number of amides is 1. The largest absolute Gasteiger partial charge is 0.465 e. The lowest BCUT2D eigenvalue weighted by molar-refractivity contribution is -0.146. The molecule has 2 aromatic rings. The smallest absolute Gasteiger partial charge is 0.323 e. The van der Waals surface area contributed by atoms with Crippen molar-refractivity contribution in [2.45, 2.75) is 44.7 Å². The summed E-state index contributed by atoms with van der Waals surface area (Å²) < 4.78 is 5.23. The molecule has 2 unspecified atom stereocenters. The third kappa shape index (κ3) is 5.17. The summed E-state index contributed by atoms with van der Waals surface area (Å²) in [7, 11) is 0. The normalized spacial score (nSPS) is 17.4. The van der Waals surface area contributed by atoms with Gasteiger partial charge in [-0.05, 0) is 49.8 Å². The number of rotatable bonds is 7. The molecule has 1 aliphatic rings. The Hall–Kier alpha value is -2.66. The maximum absolute atomic E-state index is 12.6. The van der Waals surface area contributed by atoms with Crippen molar-refractivity contribution in [2.75, 3.05) is 11.9 Å². The molecule has 0 saturated heterocycles. The van der Waals surface area contributed by atoms with Crippen molar-refractivity contribution in [1.82, 2.24) is 5.32 Å². The van der Waals surface area contributed by atoms with Crippen molar-refractivity contribution in [1.29, 1.82) is 0 Å². The van der Waals surface area contributed by atoms with Gasteiger partial charge < -0.3 is 10.1 Å². The number of anilines is 1. The summed E-state index contributed by atoms with van der Waals surface area (Å²) >= 11 is 0. The van der Waals surface area contributed by atoms with E-state index in [1.54, 1.807) is 6.92 Å². The molecular formula is C22H26N2O3. The van der Waals surface area contributed by atoms with E-state index in [4.69, 9.17) is 4.74 Å². The first-order chi connectivity index (χ1) is 13.2. The van der Waals surface area contributed by atoms with E-state index in [-0.39, 0.29) is 11.9 Å². The van der Waals surface area contributed by atoms with Gasteiger partial charge in [-0.2, -0.15) is 0 Å². The molecule has 2 atom stereocenters. The van der Waals surface area contributed by atoms with E-state index >= 15 is 0 Å². The second-order valence-electron chi connectivity index (χ2n) is 6.73. The molecular weight excluding hydrogens is 340 g/mol. The van der Waals surface area contributed by atoms with Gasteiger partial charge in [0, 0.05) is 5.69 Å². The number of hydrogen-bond donors (Lipinski definition) is 2. The zero-order valence-corrected chi connectivity index (χ0v) is 15.6. The average molecular weight is 366 g/mol. The highest BCUT2D eigenvalue weighted by molar-refractivity contribution is 5.96. The van der Waals surface area contributed by atoms with Crippen molar-refractivity contribution in [3.63, 3.8) is 0 Å². The average Bonchev–Trinajstić information content (AvgIpc) is 2.84. The molecule has 5 heteroatoms. The van der Waals surface area contributed by atoms with E-state index < -0.39 is 12.1 Å². The van der Waals surface area contributed by atoms with E-state index in [1.165, 1.54) is 0 Å². The fraction of sp³-hybridized carbons (Fsp3) is 0.364. The lowest BCUT2D eigenvalue weighted by Crippen LogP contribution is -2.49. The van der Waals surface area contributed by atoms with E-state index in [1.807, 2.05) is 54.6 Å². The number of ether oxygens (including phenoxy) is 1. The summed E-state index contributed by atoms with van der Waals surface area (Å²) in [4.78, 5) is 25.1. The SMILES string of the molecule is CCOC(=O)C(CCc1ccccc1)NC1CCc2ccccc2NC1=O. The molecule has 0 bridgehead atoms. The fourth-order valence-corrected chi connectivity index (χ4v) is 3.38. The highest BCUT2D eigenvalue weighted by atomic mass is 16.5.